The van der Waals surface area contributed by atoms with Gasteiger partial charge in [0.05, 0.1) is 0 Å². The molecule has 4 nitrogen and oxygen atoms in total. The predicted molar refractivity (Wildman–Crippen MR) is 55.0 cm³/mol. The van der Waals surface area contributed by atoms with E-state index in [9.17, 15) is 0 Å². The van der Waals surface area contributed by atoms with E-state index in [1.54, 1.807) is 0 Å². The third kappa shape index (κ3) is 2.54. The summed E-state index contributed by atoms with van der Waals surface area (Å²) in [6, 6.07) is 0.0742. The van der Waals surface area contributed by atoms with Gasteiger partial charge in [0, 0.05) is 17.9 Å². The standard InChI is InChI=1S/C10H19N3O/c1-5-10(3,4)9-12-8(13-14-9)6-7(2)11/h7H,5-6,11H2,1-4H3. The zero-order valence-electron chi connectivity index (χ0n) is 9.37. The van der Waals surface area contributed by atoms with Crippen LogP contribution in [0, 0.1) is 0 Å². The second kappa shape index (κ2) is 4.09. The molecule has 1 unspecified atom stereocenters. The van der Waals surface area contributed by atoms with Crippen LogP contribution >= 0.6 is 0 Å². The topological polar surface area (TPSA) is 64.9 Å². The minimum atomic E-state index is -0.0386. The van der Waals surface area contributed by atoms with E-state index in [-0.39, 0.29) is 11.5 Å². The Morgan fingerprint density at radius 1 is 1.50 bits per heavy atom. The fourth-order valence-corrected chi connectivity index (χ4v) is 1.05. The average molecular weight is 197 g/mol. The van der Waals surface area contributed by atoms with Crippen molar-refractivity contribution in [2.45, 2.75) is 52.0 Å². The molecule has 1 aromatic rings. The zero-order valence-corrected chi connectivity index (χ0v) is 9.37. The van der Waals surface area contributed by atoms with Crippen LogP contribution in [0.15, 0.2) is 4.52 Å². The number of aromatic nitrogens is 2. The number of rotatable bonds is 4. The van der Waals surface area contributed by atoms with Crippen LogP contribution in [0.2, 0.25) is 0 Å². The van der Waals surface area contributed by atoms with E-state index < -0.39 is 0 Å². The summed E-state index contributed by atoms with van der Waals surface area (Å²) in [5, 5.41) is 3.90. The van der Waals surface area contributed by atoms with Gasteiger partial charge in [-0.2, -0.15) is 4.98 Å². The Morgan fingerprint density at radius 3 is 2.64 bits per heavy atom. The van der Waals surface area contributed by atoms with E-state index in [0.717, 1.165) is 6.42 Å². The van der Waals surface area contributed by atoms with Crippen molar-refractivity contribution in [1.82, 2.24) is 10.1 Å². The first kappa shape index (κ1) is 11.2. The average Bonchev–Trinajstić information content (AvgIpc) is 2.52. The van der Waals surface area contributed by atoms with E-state index in [0.29, 0.717) is 18.1 Å². The second-order valence-electron chi connectivity index (χ2n) is 4.43. The fraction of sp³-hybridized carbons (Fsp3) is 0.800. The highest BCUT2D eigenvalue weighted by Gasteiger charge is 2.25. The van der Waals surface area contributed by atoms with E-state index in [4.69, 9.17) is 10.3 Å². The normalized spacial score (nSPS) is 14.4. The minimum absolute atomic E-state index is 0.0386. The summed E-state index contributed by atoms with van der Waals surface area (Å²) in [7, 11) is 0. The Morgan fingerprint density at radius 2 is 2.14 bits per heavy atom. The summed E-state index contributed by atoms with van der Waals surface area (Å²) in [5.74, 6) is 1.41. The van der Waals surface area contributed by atoms with Gasteiger partial charge in [0.25, 0.3) is 0 Å². The maximum Gasteiger partial charge on any atom is 0.232 e. The molecule has 0 radical (unpaired) electrons. The molecule has 1 heterocycles. The van der Waals surface area contributed by atoms with Crippen LogP contribution in [0.3, 0.4) is 0 Å². The molecule has 14 heavy (non-hydrogen) atoms. The number of hydrogen-bond acceptors (Lipinski definition) is 4. The van der Waals surface area contributed by atoms with Gasteiger partial charge in [0.15, 0.2) is 5.82 Å². The van der Waals surface area contributed by atoms with Gasteiger partial charge in [-0.1, -0.05) is 25.9 Å². The number of nitrogens with two attached hydrogens (primary N) is 1. The van der Waals surface area contributed by atoms with Gasteiger partial charge in [-0.3, -0.25) is 0 Å². The van der Waals surface area contributed by atoms with Gasteiger partial charge < -0.3 is 10.3 Å². The first-order valence-electron chi connectivity index (χ1n) is 5.04. The third-order valence-electron chi connectivity index (χ3n) is 2.44. The van der Waals surface area contributed by atoms with Crippen molar-refractivity contribution in [1.29, 1.82) is 0 Å². The summed E-state index contributed by atoms with van der Waals surface area (Å²) in [6.07, 6.45) is 1.65. The third-order valence-corrected chi connectivity index (χ3v) is 2.44. The molecular weight excluding hydrogens is 178 g/mol. The molecular formula is C10H19N3O. The van der Waals surface area contributed by atoms with Crippen LogP contribution in [0.25, 0.3) is 0 Å². The largest absolute Gasteiger partial charge is 0.339 e. The molecule has 0 fully saturated rings. The molecule has 0 aliphatic rings. The summed E-state index contributed by atoms with van der Waals surface area (Å²) in [5.41, 5.74) is 5.61. The summed E-state index contributed by atoms with van der Waals surface area (Å²) in [6.45, 7) is 8.22. The highest BCUT2D eigenvalue weighted by molar-refractivity contribution is 5.00. The zero-order chi connectivity index (χ0) is 10.8. The molecule has 1 aromatic heterocycles. The smallest absolute Gasteiger partial charge is 0.232 e. The van der Waals surface area contributed by atoms with Crippen LogP contribution in [0.1, 0.15) is 45.8 Å². The minimum Gasteiger partial charge on any atom is -0.339 e. The lowest BCUT2D eigenvalue weighted by molar-refractivity contribution is 0.299. The molecule has 4 heteroatoms. The number of nitrogens with zero attached hydrogens (tertiary/aromatic N) is 2. The predicted octanol–water partition coefficient (Wildman–Crippen LogP) is 1.65. The highest BCUT2D eigenvalue weighted by Crippen LogP contribution is 2.24. The molecule has 0 bridgehead atoms. The van der Waals surface area contributed by atoms with Crippen LogP contribution in [0.5, 0.6) is 0 Å². The van der Waals surface area contributed by atoms with Gasteiger partial charge in [0.1, 0.15) is 0 Å². The van der Waals surface area contributed by atoms with Gasteiger partial charge in [0.2, 0.25) is 5.89 Å². The van der Waals surface area contributed by atoms with E-state index >= 15 is 0 Å². The van der Waals surface area contributed by atoms with Crippen molar-refractivity contribution in [3.05, 3.63) is 11.7 Å². The maximum absolute atomic E-state index is 5.65. The first-order valence-corrected chi connectivity index (χ1v) is 5.04. The van der Waals surface area contributed by atoms with E-state index in [1.165, 1.54) is 0 Å². The Labute approximate surface area is 84.9 Å². The molecule has 0 aliphatic heterocycles. The number of hydrogen-bond donors (Lipinski definition) is 1. The second-order valence-corrected chi connectivity index (χ2v) is 4.43. The van der Waals surface area contributed by atoms with Crippen molar-refractivity contribution < 1.29 is 4.52 Å². The molecule has 80 valence electrons. The lowest BCUT2D eigenvalue weighted by Crippen LogP contribution is -2.19. The van der Waals surface area contributed by atoms with Crippen molar-refractivity contribution in [2.24, 2.45) is 5.73 Å². The van der Waals surface area contributed by atoms with E-state index in [1.807, 2.05) is 6.92 Å². The van der Waals surface area contributed by atoms with Crippen LogP contribution < -0.4 is 5.73 Å². The Kier molecular flexibility index (Phi) is 3.26. The fourth-order valence-electron chi connectivity index (χ4n) is 1.05. The van der Waals surface area contributed by atoms with E-state index in [2.05, 4.69) is 30.9 Å². The Hall–Kier alpha value is -0.900. The molecule has 0 amide bonds. The van der Waals surface area contributed by atoms with Crippen LogP contribution in [0.4, 0.5) is 0 Å². The lowest BCUT2D eigenvalue weighted by atomic mass is 9.90. The van der Waals surface area contributed by atoms with Gasteiger partial charge in [-0.25, -0.2) is 0 Å². The molecule has 1 atom stereocenters. The van der Waals surface area contributed by atoms with Crippen molar-refractivity contribution >= 4 is 0 Å². The van der Waals surface area contributed by atoms with Crippen LogP contribution in [-0.4, -0.2) is 16.2 Å². The SMILES string of the molecule is CCC(C)(C)c1nc(CC(C)N)no1. The molecule has 2 N–H and O–H groups in total. The highest BCUT2D eigenvalue weighted by atomic mass is 16.5. The summed E-state index contributed by atoms with van der Waals surface area (Å²) >= 11 is 0. The van der Waals surface area contributed by atoms with Crippen molar-refractivity contribution in [2.75, 3.05) is 0 Å². The summed E-state index contributed by atoms with van der Waals surface area (Å²) in [4.78, 5) is 4.34. The van der Waals surface area contributed by atoms with Gasteiger partial charge >= 0.3 is 0 Å². The molecule has 0 aromatic carbocycles. The maximum atomic E-state index is 5.65. The molecule has 1 rings (SSSR count). The monoisotopic (exact) mass is 197 g/mol. The van der Waals surface area contributed by atoms with Crippen molar-refractivity contribution in [3.8, 4) is 0 Å². The molecule has 0 spiro atoms. The Balaban J connectivity index is 2.77. The first-order chi connectivity index (χ1) is 6.45. The van der Waals surface area contributed by atoms with Crippen LogP contribution in [-0.2, 0) is 11.8 Å². The molecule has 0 aliphatic carbocycles. The van der Waals surface area contributed by atoms with Gasteiger partial charge in [-0.15, -0.1) is 0 Å². The molecule has 0 saturated carbocycles. The van der Waals surface area contributed by atoms with Gasteiger partial charge in [-0.05, 0) is 13.3 Å². The summed E-state index contributed by atoms with van der Waals surface area (Å²) < 4.78 is 5.20. The molecule has 0 saturated heterocycles. The quantitative estimate of drug-likeness (QED) is 0.797. The lowest BCUT2D eigenvalue weighted by Gasteiger charge is -2.15. The van der Waals surface area contributed by atoms with Crippen molar-refractivity contribution in [3.63, 3.8) is 0 Å². The Bertz CT molecular complexity index is 291.